The highest BCUT2D eigenvalue weighted by molar-refractivity contribution is 7.07. The second-order valence-electron chi connectivity index (χ2n) is 6.98. The van der Waals surface area contributed by atoms with E-state index in [1.165, 1.54) is 18.4 Å². The average Bonchev–Trinajstić information content (AvgIpc) is 3.27. The first-order chi connectivity index (χ1) is 11.2. The lowest BCUT2D eigenvalue weighted by Gasteiger charge is -2.31. The second-order valence-corrected chi connectivity index (χ2v) is 7.76. The molecule has 2 aliphatic carbocycles. The standard InChI is InChI=1S/C18H29N3OS/c1-3-21(4-2)15(14-7-8-23-11-14)10-20-18(22)16-12-5-6-13(9-12)17(16)19/h7-8,11-13,15-17H,3-6,9-10,19H2,1-2H3,(H,20,22). The molecular formula is C18H29N3OS. The fourth-order valence-electron chi connectivity index (χ4n) is 4.63. The maximum atomic E-state index is 12.7. The second kappa shape index (κ2) is 7.32. The van der Waals surface area contributed by atoms with E-state index >= 15 is 0 Å². The summed E-state index contributed by atoms with van der Waals surface area (Å²) in [6.45, 7) is 7.01. The molecule has 3 rings (SSSR count). The van der Waals surface area contributed by atoms with Crippen LogP contribution in [0.2, 0.25) is 0 Å². The van der Waals surface area contributed by atoms with Crippen molar-refractivity contribution in [2.24, 2.45) is 23.5 Å². The number of hydrogen-bond donors (Lipinski definition) is 2. The van der Waals surface area contributed by atoms with Crippen LogP contribution in [0.25, 0.3) is 0 Å². The van der Waals surface area contributed by atoms with Gasteiger partial charge in [-0.3, -0.25) is 9.69 Å². The van der Waals surface area contributed by atoms with Crippen LogP contribution < -0.4 is 11.1 Å². The molecule has 1 aromatic heterocycles. The van der Waals surface area contributed by atoms with Crippen molar-refractivity contribution in [2.45, 2.75) is 45.2 Å². The Morgan fingerprint density at radius 2 is 2.13 bits per heavy atom. The number of fused-ring (bicyclic) bond motifs is 2. The molecule has 0 spiro atoms. The smallest absolute Gasteiger partial charge is 0.225 e. The van der Waals surface area contributed by atoms with E-state index in [2.05, 4.69) is 40.9 Å². The molecule has 4 nitrogen and oxygen atoms in total. The van der Waals surface area contributed by atoms with Gasteiger partial charge in [-0.15, -0.1) is 0 Å². The molecule has 1 heterocycles. The zero-order valence-corrected chi connectivity index (χ0v) is 15.0. The van der Waals surface area contributed by atoms with E-state index in [1.807, 2.05) is 0 Å². The molecule has 23 heavy (non-hydrogen) atoms. The molecule has 5 atom stereocenters. The third-order valence-electron chi connectivity index (χ3n) is 5.93. The molecule has 5 unspecified atom stereocenters. The Morgan fingerprint density at radius 3 is 2.70 bits per heavy atom. The lowest BCUT2D eigenvalue weighted by atomic mass is 9.84. The predicted molar refractivity (Wildman–Crippen MR) is 95.3 cm³/mol. The Kier molecular flexibility index (Phi) is 5.39. The van der Waals surface area contributed by atoms with Gasteiger partial charge in [0.25, 0.3) is 0 Å². The third kappa shape index (κ3) is 3.32. The normalized spacial score (nSPS) is 30.8. The Labute approximate surface area is 143 Å². The summed E-state index contributed by atoms with van der Waals surface area (Å²) in [5, 5.41) is 7.52. The highest BCUT2D eigenvalue weighted by Gasteiger charge is 2.49. The van der Waals surface area contributed by atoms with Gasteiger partial charge in [0.1, 0.15) is 0 Å². The van der Waals surface area contributed by atoms with Crippen molar-refractivity contribution in [1.82, 2.24) is 10.2 Å². The summed E-state index contributed by atoms with van der Waals surface area (Å²) in [5.74, 6) is 1.31. The molecule has 2 aliphatic rings. The summed E-state index contributed by atoms with van der Waals surface area (Å²) in [5.41, 5.74) is 7.61. The number of nitrogens with zero attached hydrogens (tertiary/aromatic N) is 1. The molecule has 0 saturated heterocycles. The zero-order valence-electron chi connectivity index (χ0n) is 14.2. The number of thiophene rings is 1. The molecule has 2 fully saturated rings. The van der Waals surface area contributed by atoms with E-state index < -0.39 is 0 Å². The van der Waals surface area contributed by atoms with E-state index in [-0.39, 0.29) is 23.9 Å². The van der Waals surface area contributed by atoms with E-state index in [1.54, 1.807) is 11.3 Å². The molecule has 1 aromatic rings. The van der Waals surface area contributed by atoms with Crippen molar-refractivity contribution in [3.63, 3.8) is 0 Å². The molecule has 2 saturated carbocycles. The highest BCUT2D eigenvalue weighted by atomic mass is 32.1. The molecule has 0 aromatic carbocycles. The SMILES string of the molecule is CCN(CC)C(CNC(=O)C1C2CCC(C2)C1N)c1ccsc1. The van der Waals surface area contributed by atoms with E-state index in [0.29, 0.717) is 18.4 Å². The fourth-order valence-corrected chi connectivity index (χ4v) is 5.33. The number of carbonyl (C=O) groups is 1. The molecule has 5 heteroatoms. The van der Waals surface area contributed by atoms with Crippen LogP contribution in [-0.2, 0) is 4.79 Å². The van der Waals surface area contributed by atoms with Crippen LogP contribution in [0, 0.1) is 17.8 Å². The molecule has 128 valence electrons. The largest absolute Gasteiger partial charge is 0.354 e. The first kappa shape index (κ1) is 16.9. The van der Waals surface area contributed by atoms with Crippen LogP contribution in [0.5, 0.6) is 0 Å². The van der Waals surface area contributed by atoms with Gasteiger partial charge in [-0.05, 0) is 66.6 Å². The number of nitrogens with two attached hydrogens (primary N) is 1. The summed E-state index contributed by atoms with van der Waals surface area (Å²) in [6, 6.07) is 2.50. The van der Waals surface area contributed by atoms with E-state index in [4.69, 9.17) is 5.73 Å². The minimum absolute atomic E-state index is 0.0357. The van der Waals surface area contributed by atoms with Crippen LogP contribution in [0.3, 0.4) is 0 Å². The van der Waals surface area contributed by atoms with Crippen LogP contribution in [0.1, 0.15) is 44.7 Å². The van der Waals surface area contributed by atoms with Gasteiger partial charge in [0.15, 0.2) is 0 Å². The summed E-state index contributed by atoms with van der Waals surface area (Å²) in [4.78, 5) is 15.1. The molecule has 0 aliphatic heterocycles. The van der Waals surface area contributed by atoms with Gasteiger partial charge >= 0.3 is 0 Å². The topological polar surface area (TPSA) is 58.4 Å². The Bertz CT molecular complexity index is 512. The molecular weight excluding hydrogens is 306 g/mol. The number of amides is 1. The number of rotatable bonds is 7. The minimum Gasteiger partial charge on any atom is -0.354 e. The minimum atomic E-state index is 0.0357. The Morgan fingerprint density at radius 1 is 1.39 bits per heavy atom. The van der Waals surface area contributed by atoms with Crippen LogP contribution in [0.4, 0.5) is 0 Å². The Hall–Kier alpha value is -0.910. The van der Waals surface area contributed by atoms with Crippen molar-refractivity contribution in [3.8, 4) is 0 Å². The summed E-state index contributed by atoms with van der Waals surface area (Å²) in [7, 11) is 0. The van der Waals surface area contributed by atoms with Gasteiger partial charge in [-0.2, -0.15) is 11.3 Å². The lowest BCUT2D eigenvalue weighted by Crippen LogP contribution is -2.47. The van der Waals surface area contributed by atoms with Crippen molar-refractivity contribution in [2.75, 3.05) is 19.6 Å². The van der Waals surface area contributed by atoms with Crippen molar-refractivity contribution in [3.05, 3.63) is 22.4 Å². The van der Waals surface area contributed by atoms with Crippen LogP contribution >= 0.6 is 11.3 Å². The average molecular weight is 336 g/mol. The summed E-state index contributed by atoms with van der Waals surface area (Å²) in [6.07, 6.45) is 3.55. The number of nitrogens with one attached hydrogen (secondary N) is 1. The van der Waals surface area contributed by atoms with Crippen LogP contribution in [0.15, 0.2) is 16.8 Å². The van der Waals surface area contributed by atoms with Crippen molar-refractivity contribution >= 4 is 17.2 Å². The lowest BCUT2D eigenvalue weighted by molar-refractivity contribution is -0.127. The number of likely N-dealkylation sites (N-methyl/N-ethyl adjacent to an activating group) is 1. The molecule has 3 N–H and O–H groups in total. The number of carbonyl (C=O) groups excluding carboxylic acids is 1. The molecule has 0 radical (unpaired) electrons. The zero-order chi connectivity index (χ0) is 16.4. The molecule has 2 bridgehead atoms. The highest BCUT2D eigenvalue weighted by Crippen LogP contribution is 2.47. The van der Waals surface area contributed by atoms with Gasteiger partial charge in [0, 0.05) is 12.6 Å². The summed E-state index contributed by atoms with van der Waals surface area (Å²) >= 11 is 1.72. The number of hydrogen-bond acceptors (Lipinski definition) is 4. The monoisotopic (exact) mass is 335 g/mol. The molecule has 1 amide bonds. The quantitative estimate of drug-likeness (QED) is 0.805. The first-order valence-electron chi connectivity index (χ1n) is 8.95. The van der Waals surface area contributed by atoms with Gasteiger partial charge in [0.2, 0.25) is 5.91 Å². The maximum Gasteiger partial charge on any atom is 0.225 e. The van der Waals surface area contributed by atoms with Crippen molar-refractivity contribution < 1.29 is 4.79 Å². The van der Waals surface area contributed by atoms with Gasteiger partial charge in [0.05, 0.1) is 12.0 Å². The van der Waals surface area contributed by atoms with E-state index in [9.17, 15) is 4.79 Å². The summed E-state index contributed by atoms with van der Waals surface area (Å²) < 4.78 is 0. The van der Waals surface area contributed by atoms with Gasteiger partial charge in [-0.1, -0.05) is 13.8 Å². The van der Waals surface area contributed by atoms with Gasteiger partial charge in [-0.25, -0.2) is 0 Å². The first-order valence-corrected chi connectivity index (χ1v) is 9.89. The maximum absolute atomic E-state index is 12.7. The van der Waals surface area contributed by atoms with Crippen LogP contribution in [-0.4, -0.2) is 36.5 Å². The van der Waals surface area contributed by atoms with Gasteiger partial charge < -0.3 is 11.1 Å². The third-order valence-corrected chi connectivity index (χ3v) is 6.64. The van der Waals surface area contributed by atoms with Crippen molar-refractivity contribution in [1.29, 1.82) is 0 Å². The van der Waals surface area contributed by atoms with E-state index in [0.717, 1.165) is 19.5 Å². The fraction of sp³-hybridized carbons (Fsp3) is 0.722. The Balaban J connectivity index is 1.63. The predicted octanol–water partition coefficient (Wildman–Crippen LogP) is 2.62.